The zero-order valence-corrected chi connectivity index (χ0v) is 7.30. The molecule has 0 unspecified atom stereocenters. The van der Waals surface area contributed by atoms with Crippen molar-refractivity contribution < 1.29 is 27.8 Å². The Balaban J connectivity index is 4.07. The maximum absolute atomic E-state index is 12.7. The highest BCUT2D eigenvalue weighted by Gasteiger charge is 2.36. The van der Waals surface area contributed by atoms with Crippen LogP contribution >= 0.6 is 0 Å². The lowest BCUT2D eigenvalue weighted by atomic mass is 10.2. The molecular formula is C7H10F2O4. The van der Waals surface area contributed by atoms with Crippen molar-refractivity contribution in [1.82, 2.24) is 0 Å². The van der Waals surface area contributed by atoms with Crippen LogP contribution < -0.4 is 0 Å². The number of carbonyl (C=O) groups excluding carboxylic acids is 2. The molecule has 0 fully saturated rings. The first-order valence-corrected chi connectivity index (χ1v) is 3.43. The minimum atomic E-state index is -3.40. The maximum Gasteiger partial charge on any atom is 0.311 e. The second-order valence-corrected chi connectivity index (χ2v) is 2.36. The van der Waals surface area contributed by atoms with Crippen LogP contribution in [-0.4, -0.2) is 32.1 Å². The van der Waals surface area contributed by atoms with Crippen LogP contribution in [0.3, 0.4) is 0 Å². The first kappa shape index (κ1) is 11.8. The van der Waals surface area contributed by atoms with E-state index in [-0.39, 0.29) is 0 Å². The molecule has 6 heteroatoms. The summed E-state index contributed by atoms with van der Waals surface area (Å²) in [6.45, 7) is 0. The summed E-state index contributed by atoms with van der Waals surface area (Å²) < 4.78 is 33.5. The van der Waals surface area contributed by atoms with Crippen molar-refractivity contribution in [2.75, 3.05) is 14.2 Å². The number of halogens is 2. The molecule has 0 spiro atoms. The summed E-state index contributed by atoms with van der Waals surface area (Å²) >= 11 is 0. The van der Waals surface area contributed by atoms with Gasteiger partial charge in [0.25, 0.3) is 5.92 Å². The third-order valence-corrected chi connectivity index (χ3v) is 1.26. The summed E-state index contributed by atoms with van der Waals surface area (Å²) in [5.74, 6) is -5.52. The summed E-state index contributed by atoms with van der Waals surface area (Å²) in [7, 11) is 1.99. The van der Waals surface area contributed by atoms with Crippen LogP contribution in [-0.2, 0) is 19.1 Å². The monoisotopic (exact) mass is 196 g/mol. The van der Waals surface area contributed by atoms with Gasteiger partial charge >= 0.3 is 11.9 Å². The zero-order valence-electron chi connectivity index (χ0n) is 7.30. The predicted molar refractivity (Wildman–Crippen MR) is 38.2 cm³/mol. The van der Waals surface area contributed by atoms with Gasteiger partial charge in [0, 0.05) is 0 Å². The number of alkyl halides is 2. The number of carbonyl (C=O) groups is 2. The van der Waals surface area contributed by atoms with Crippen molar-refractivity contribution >= 4 is 11.9 Å². The fraction of sp³-hybridized carbons (Fsp3) is 0.714. The van der Waals surface area contributed by atoms with Crippen LogP contribution in [0.2, 0.25) is 0 Å². The van der Waals surface area contributed by atoms with Gasteiger partial charge in [0.1, 0.15) is 12.8 Å². The summed E-state index contributed by atoms with van der Waals surface area (Å²) in [5.41, 5.74) is 0. The fourth-order valence-electron chi connectivity index (χ4n) is 0.629. The number of hydrogen-bond donors (Lipinski definition) is 0. The Morgan fingerprint density at radius 2 is 1.38 bits per heavy atom. The van der Waals surface area contributed by atoms with Crippen LogP contribution in [0.1, 0.15) is 12.8 Å². The van der Waals surface area contributed by atoms with E-state index in [1.54, 1.807) is 0 Å². The van der Waals surface area contributed by atoms with Crippen molar-refractivity contribution in [2.45, 2.75) is 18.8 Å². The van der Waals surface area contributed by atoms with Gasteiger partial charge in [-0.1, -0.05) is 0 Å². The first-order valence-electron chi connectivity index (χ1n) is 3.43. The van der Waals surface area contributed by atoms with Gasteiger partial charge in [-0.25, -0.2) is 8.78 Å². The Kier molecular flexibility index (Phi) is 4.30. The van der Waals surface area contributed by atoms with Crippen LogP contribution in [0.4, 0.5) is 8.78 Å². The molecule has 0 aliphatic rings. The van der Waals surface area contributed by atoms with Crippen LogP contribution in [0.15, 0.2) is 0 Å². The third-order valence-electron chi connectivity index (χ3n) is 1.26. The molecule has 0 bridgehead atoms. The Labute approximate surface area is 73.8 Å². The second kappa shape index (κ2) is 4.74. The summed E-state index contributed by atoms with van der Waals surface area (Å²) in [5, 5.41) is 0. The van der Waals surface area contributed by atoms with Gasteiger partial charge in [0.15, 0.2) is 0 Å². The van der Waals surface area contributed by atoms with Gasteiger partial charge in [0.2, 0.25) is 0 Å². The molecule has 0 saturated heterocycles. The highest BCUT2D eigenvalue weighted by atomic mass is 19.3. The van der Waals surface area contributed by atoms with E-state index >= 15 is 0 Å². The Hall–Kier alpha value is -1.20. The molecule has 0 aromatic rings. The quantitative estimate of drug-likeness (QED) is 0.622. The lowest BCUT2D eigenvalue weighted by Gasteiger charge is -2.12. The number of esters is 2. The summed E-state index contributed by atoms with van der Waals surface area (Å²) in [4.78, 5) is 20.9. The predicted octanol–water partition coefficient (Wildman–Crippen LogP) is 0.748. The van der Waals surface area contributed by atoms with Gasteiger partial charge in [-0.05, 0) is 0 Å². The molecule has 0 radical (unpaired) electrons. The lowest BCUT2D eigenvalue weighted by molar-refractivity contribution is -0.156. The van der Waals surface area contributed by atoms with Gasteiger partial charge < -0.3 is 9.47 Å². The normalized spacial score (nSPS) is 10.8. The van der Waals surface area contributed by atoms with E-state index in [0.717, 1.165) is 14.2 Å². The van der Waals surface area contributed by atoms with E-state index in [1.165, 1.54) is 0 Å². The van der Waals surface area contributed by atoms with Crippen molar-refractivity contribution in [3.8, 4) is 0 Å². The first-order chi connectivity index (χ1) is 5.91. The van der Waals surface area contributed by atoms with Crippen molar-refractivity contribution in [2.24, 2.45) is 0 Å². The van der Waals surface area contributed by atoms with Crippen LogP contribution in [0.25, 0.3) is 0 Å². The molecule has 0 rings (SSSR count). The molecule has 0 aromatic heterocycles. The molecule has 0 N–H and O–H groups in total. The molecule has 0 atom stereocenters. The fourth-order valence-corrected chi connectivity index (χ4v) is 0.629. The largest absolute Gasteiger partial charge is 0.469 e. The molecule has 0 saturated carbocycles. The average molecular weight is 196 g/mol. The Morgan fingerprint density at radius 3 is 1.62 bits per heavy atom. The molecule has 0 amide bonds. The van der Waals surface area contributed by atoms with Gasteiger partial charge in [-0.3, -0.25) is 9.59 Å². The molecular weight excluding hydrogens is 186 g/mol. The smallest absolute Gasteiger partial charge is 0.311 e. The lowest BCUT2D eigenvalue weighted by Crippen LogP contribution is -2.26. The Bertz CT molecular complexity index is 183. The number of rotatable bonds is 4. The average Bonchev–Trinajstić information content (AvgIpc) is 2.02. The molecule has 13 heavy (non-hydrogen) atoms. The maximum atomic E-state index is 12.7. The van der Waals surface area contributed by atoms with E-state index in [1.807, 2.05) is 0 Å². The van der Waals surface area contributed by atoms with Crippen molar-refractivity contribution in [3.63, 3.8) is 0 Å². The minimum Gasteiger partial charge on any atom is -0.469 e. The third kappa shape index (κ3) is 5.10. The standard InChI is InChI=1S/C7H10F2O4/c1-12-5(10)3-7(8,9)4-6(11)13-2/h3-4H2,1-2H3. The highest BCUT2D eigenvalue weighted by molar-refractivity contribution is 5.74. The highest BCUT2D eigenvalue weighted by Crippen LogP contribution is 2.23. The van der Waals surface area contributed by atoms with Crippen molar-refractivity contribution in [1.29, 1.82) is 0 Å². The van der Waals surface area contributed by atoms with E-state index in [4.69, 9.17) is 0 Å². The molecule has 4 nitrogen and oxygen atoms in total. The van der Waals surface area contributed by atoms with Crippen LogP contribution in [0, 0.1) is 0 Å². The van der Waals surface area contributed by atoms with Gasteiger partial charge in [0.05, 0.1) is 14.2 Å². The van der Waals surface area contributed by atoms with E-state index in [0.29, 0.717) is 0 Å². The SMILES string of the molecule is COC(=O)CC(F)(F)CC(=O)OC. The van der Waals surface area contributed by atoms with E-state index in [9.17, 15) is 18.4 Å². The van der Waals surface area contributed by atoms with Gasteiger partial charge in [-0.15, -0.1) is 0 Å². The Morgan fingerprint density at radius 1 is 1.08 bits per heavy atom. The molecule has 0 aromatic carbocycles. The number of ether oxygens (including phenoxy) is 2. The topological polar surface area (TPSA) is 52.6 Å². The van der Waals surface area contributed by atoms with Crippen LogP contribution in [0.5, 0.6) is 0 Å². The second-order valence-electron chi connectivity index (χ2n) is 2.36. The van der Waals surface area contributed by atoms with E-state index < -0.39 is 30.7 Å². The molecule has 76 valence electrons. The minimum absolute atomic E-state index is 0.997. The molecule has 0 aliphatic carbocycles. The molecule has 0 aliphatic heterocycles. The summed E-state index contributed by atoms with van der Waals surface area (Å²) in [6, 6.07) is 0. The van der Waals surface area contributed by atoms with E-state index in [2.05, 4.69) is 9.47 Å². The zero-order chi connectivity index (χ0) is 10.5. The number of hydrogen-bond acceptors (Lipinski definition) is 4. The van der Waals surface area contributed by atoms with Gasteiger partial charge in [-0.2, -0.15) is 0 Å². The molecule has 0 heterocycles. The summed E-state index contributed by atoms with van der Waals surface area (Å²) in [6.07, 6.45) is -2.22. The van der Waals surface area contributed by atoms with Crippen molar-refractivity contribution in [3.05, 3.63) is 0 Å². The number of methoxy groups -OCH3 is 2.